The Morgan fingerprint density at radius 1 is 1.12 bits per heavy atom. The summed E-state index contributed by atoms with van der Waals surface area (Å²) in [5, 5.41) is 4.50. The number of rotatable bonds is 3. The van der Waals surface area contributed by atoms with Crippen molar-refractivity contribution in [2.45, 2.75) is 12.7 Å². The largest absolute Gasteiger partial charge is 0.416 e. The van der Waals surface area contributed by atoms with Crippen molar-refractivity contribution in [2.75, 3.05) is 11.9 Å². The molecule has 0 radical (unpaired) electrons. The Hall–Kier alpha value is -3.09. The number of fused-ring (bicyclic) bond motifs is 1. The third-order valence-corrected chi connectivity index (χ3v) is 4.05. The van der Waals surface area contributed by atoms with Gasteiger partial charge in [0.2, 0.25) is 0 Å². The molecule has 4 nitrogen and oxygen atoms in total. The highest BCUT2D eigenvalue weighted by molar-refractivity contribution is 6.02. The van der Waals surface area contributed by atoms with Crippen LogP contribution in [0.4, 0.5) is 23.7 Å². The van der Waals surface area contributed by atoms with Gasteiger partial charge in [0.05, 0.1) is 11.3 Å². The summed E-state index contributed by atoms with van der Waals surface area (Å²) in [4.78, 5) is 17.9. The predicted octanol–water partition coefficient (Wildman–Crippen LogP) is 4.60. The number of anilines is 1. The molecule has 0 aliphatic heterocycles. The monoisotopic (exact) mass is 359 g/mol. The second-order valence-corrected chi connectivity index (χ2v) is 5.79. The Kier molecular flexibility index (Phi) is 4.79. The molecule has 1 aromatic heterocycles. The van der Waals surface area contributed by atoms with Gasteiger partial charge >= 0.3 is 12.2 Å². The van der Waals surface area contributed by atoms with Gasteiger partial charge in [0, 0.05) is 36.8 Å². The van der Waals surface area contributed by atoms with E-state index in [-0.39, 0.29) is 12.6 Å². The zero-order chi connectivity index (χ0) is 18.7. The molecule has 1 heterocycles. The summed E-state index contributed by atoms with van der Waals surface area (Å²) in [6, 6.07) is 11.7. The highest BCUT2D eigenvalue weighted by atomic mass is 19.4. The summed E-state index contributed by atoms with van der Waals surface area (Å²) in [5.41, 5.74) is 0.589. The molecular weight excluding hydrogens is 343 g/mol. The zero-order valence-electron chi connectivity index (χ0n) is 13.9. The number of nitrogens with one attached hydrogen (secondary N) is 1. The van der Waals surface area contributed by atoms with Gasteiger partial charge < -0.3 is 5.32 Å². The van der Waals surface area contributed by atoms with Crippen LogP contribution < -0.4 is 10.2 Å². The lowest BCUT2D eigenvalue weighted by molar-refractivity contribution is -0.137. The van der Waals surface area contributed by atoms with Crippen molar-refractivity contribution in [3.63, 3.8) is 0 Å². The van der Waals surface area contributed by atoms with E-state index in [0.29, 0.717) is 5.56 Å². The smallest absolute Gasteiger partial charge is 0.334 e. The molecule has 2 amide bonds. The van der Waals surface area contributed by atoms with Crippen molar-refractivity contribution < 1.29 is 18.0 Å². The minimum Gasteiger partial charge on any atom is -0.334 e. The van der Waals surface area contributed by atoms with Gasteiger partial charge in [-0.3, -0.25) is 9.88 Å². The van der Waals surface area contributed by atoms with Crippen LogP contribution in [-0.2, 0) is 12.7 Å². The fraction of sp³-hybridized carbons (Fsp3) is 0.158. The number of benzene rings is 2. The van der Waals surface area contributed by atoms with Crippen LogP contribution in [0.25, 0.3) is 10.8 Å². The van der Waals surface area contributed by atoms with Crippen molar-refractivity contribution >= 4 is 22.5 Å². The maximum Gasteiger partial charge on any atom is 0.416 e. The fourth-order valence-electron chi connectivity index (χ4n) is 2.62. The summed E-state index contributed by atoms with van der Waals surface area (Å²) in [5.74, 6) is 0. The van der Waals surface area contributed by atoms with Crippen LogP contribution in [0.2, 0.25) is 0 Å². The number of carbonyl (C=O) groups is 1. The van der Waals surface area contributed by atoms with Crippen LogP contribution in [0, 0.1) is 0 Å². The lowest BCUT2D eigenvalue weighted by atomic mass is 10.1. The van der Waals surface area contributed by atoms with Crippen molar-refractivity contribution in [2.24, 2.45) is 0 Å². The summed E-state index contributed by atoms with van der Waals surface area (Å²) in [6.07, 6.45) is -1.00. The van der Waals surface area contributed by atoms with Gasteiger partial charge in [-0.2, -0.15) is 13.2 Å². The number of pyridine rings is 1. The van der Waals surface area contributed by atoms with E-state index in [1.54, 1.807) is 19.4 Å². The summed E-state index contributed by atoms with van der Waals surface area (Å²) in [7, 11) is 1.64. The van der Waals surface area contributed by atoms with Gasteiger partial charge in [0.25, 0.3) is 0 Å². The molecule has 0 fully saturated rings. The average molecular weight is 359 g/mol. The molecule has 0 spiro atoms. The van der Waals surface area contributed by atoms with E-state index in [2.05, 4.69) is 10.3 Å². The molecule has 1 N–H and O–H groups in total. The minimum atomic E-state index is -4.37. The molecule has 134 valence electrons. The molecule has 26 heavy (non-hydrogen) atoms. The van der Waals surface area contributed by atoms with E-state index in [9.17, 15) is 18.0 Å². The zero-order valence-corrected chi connectivity index (χ0v) is 13.9. The maximum absolute atomic E-state index is 12.6. The molecule has 3 rings (SSSR count). The van der Waals surface area contributed by atoms with Crippen molar-refractivity contribution in [1.29, 1.82) is 0 Å². The molecule has 0 aliphatic rings. The summed E-state index contributed by atoms with van der Waals surface area (Å²) < 4.78 is 37.7. The van der Waals surface area contributed by atoms with Gasteiger partial charge in [0.15, 0.2) is 0 Å². The second-order valence-electron chi connectivity index (χ2n) is 5.79. The van der Waals surface area contributed by atoms with Crippen LogP contribution in [0.15, 0.2) is 60.9 Å². The van der Waals surface area contributed by atoms with Gasteiger partial charge in [-0.05, 0) is 29.8 Å². The minimum absolute atomic E-state index is 0.133. The highest BCUT2D eigenvalue weighted by Crippen LogP contribution is 2.29. The number of halogens is 3. The second kappa shape index (κ2) is 7.03. The van der Waals surface area contributed by atoms with E-state index in [4.69, 9.17) is 0 Å². The quantitative estimate of drug-likeness (QED) is 0.743. The van der Waals surface area contributed by atoms with E-state index in [1.165, 1.54) is 17.0 Å². The first-order valence-electron chi connectivity index (χ1n) is 7.87. The maximum atomic E-state index is 12.6. The number of aromatic nitrogens is 1. The number of carbonyl (C=O) groups excluding carboxylic acids is 1. The number of hydrogen-bond donors (Lipinski definition) is 1. The van der Waals surface area contributed by atoms with E-state index in [1.807, 2.05) is 24.3 Å². The highest BCUT2D eigenvalue weighted by Gasteiger charge is 2.29. The van der Waals surface area contributed by atoms with Gasteiger partial charge in [-0.15, -0.1) is 0 Å². The first-order valence-corrected chi connectivity index (χ1v) is 7.87. The fourth-order valence-corrected chi connectivity index (χ4v) is 2.62. The van der Waals surface area contributed by atoms with Crippen LogP contribution in [-0.4, -0.2) is 18.1 Å². The predicted molar refractivity (Wildman–Crippen MR) is 93.8 cm³/mol. The molecule has 2 aromatic carbocycles. The van der Waals surface area contributed by atoms with Gasteiger partial charge in [0.1, 0.15) is 0 Å². The molecule has 0 unspecified atom stereocenters. The number of urea groups is 1. The molecule has 0 atom stereocenters. The van der Waals surface area contributed by atoms with Gasteiger partial charge in [-0.1, -0.05) is 24.3 Å². The first-order chi connectivity index (χ1) is 12.4. The molecule has 7 heteroatoms. The molecule has 0 bridgehead atoms. The van der Waals surface area contributed by atoms with Crippen LogP contribution in [0.3, 0.4) is 0 Å². The van der Waals surface area contributed by atoms with Crippen LogP contribution in [0.1, 0.15) is 11.1 Å². The molecule has 0 aliphatic carbocycles. The van der Waals surface area contributed by atoms with Crippen LogP contribution >= 0.6 is 0 Å². The summed E-state index contributed by atoms with van der Waals surface area (Å²) in [6.45, 7) is 0.133. The van der Waals surface area contributed by atoms with Crippen molar-refractivity contribution in [3.8, 4) is 0 Å². The average Bonchev–Trinajstić information content (AvgIpc) is 2.64. The number of hydrogen-bond acceptors (Lipinski definition) is 2. The first kappa shape index (κ1) is 17.7. The van der Waals surface area contributed by atoms with E-state index >= 15 is 0 Å². The van der Waals surface area contributed by atoms with Crippen LogP contribution in [0.5, 0.6) is 0 Å². The Morgan fingerprint density at radius 2 is 1.85 bits per heavy atom. The summed E-state index contributed by atoms with van der Waals surface area (Å²) >= 11 is 0. The Labute approximate surface area is 148 Å². The Bertz CT molecular complexity index is 918. The third-order valence-electron chi connectivity index (χ3n) is 4.05. The topological polar surface area (TPSA) is 45.2 Å². The van der Waals surface area contributed by atoms with Gasteiger partial charge in [-0.25, -0.2) is 4.79 Å². The Morgan fingerprint density at radius 3 is 2.54 bits per heavy atom. The standard InChI is InChI=1S/C19H16F3N3O/c1-25(17-4-2-3-14-12-23-10-9-16(14)17)18(26)24-11-13-5-7-15(8-6-13)19(20,21)22/h2-10,12H,11H2,1H3,(H,24,26). The van der Waals surface area contributed by atoms with Crippen molar-refractivity contribution in [3.05, 3.63) is 72.1 Å². The number of nitrogens with zero attached hydrogens (tertiary/aromatic N) is 2. The number of amides is 2. The lowest BCUT2D eigenvalue weighted by Gasteiger charge is -2.20. The Balaban J connectivity index is 1.70. The van der Waals surface area contributed by atoms with E-state index in [0.717, 1.165) is 28.6 Å². The van der Waals surface area contributed by atoms with E-state index < -0.39 is 11.7 Å². The third kappa shape index (κ3) is 3.77. The number of alkyl halides is 3. The molecule has 0 saturated carbocycles. The molecule has 0 saturated heterocycles. The molecule has 3 aromatic rings. The SMILES string of the molecule is CN(C(=O)NCc1ccc(C(F)(F)F)cc1)c1cccc2cnccc12. The molecular formula is C19H16F3N3O. The van der Waals surface area contributed by atoms with Crippen molar-refractivity contribution in [1.82, 2.24) is 10.3 Å². The normalized spacial score (nSPS) is 11.4. The lowest BCUT2D eigenvalue weighted by Crippen LogP contribution is -2.36.